The van der Waals surface area contributed by atoms with Crippen LogP contribution in [0, 0.1) is 0 Å². The van der Waals surface area contributed by atoms with Gasteiger partial charge in [0.2, 0.25) is 0 Å². The molecule has 1 aromatic heterocycles. The van der Waals surface area contributed by atoms with Crippen molar-refractivity contribution in [3.63, 3.8) is 0 Å². The minimum absolute atomic E-state index is 0. The molecule has 0 spiro atoms. The van der Waals surface area contributed by atoms with E-state index >= 15 is 0 Å². The number of amides is 1. The van der Waals surface area contributed by atoms with E-state index in [9.17, 15) is 4.79 Å². The van der Waals surface area contributed by atoms with Crippen LogP contribution in [0.4, 0.5) is 0 Å². The second-order valence-electron chi connectivity index (χ2n) is 6.34. The van der Waals surface area contributed by atoms with E-state index < -0.39 is 0 Å². The number of hydrogen-bond donors (Lipinski definition) is 2. The lowest BCUT2D eigenvalue weighted by atomic mass is 9.91. The number of aromatic nitrogens is 2. The number of carbonyl (C=O) groups is 1. The lowest BCUT2D eigenvalue weighted by Gasteiger charge is -2.26. The van der Waals surface area contributed by atoms with Crippen molar-refractivity contribution in [2.24, 2.45) is 5.73 Å². The van der Waals surface area contributed by atoms with E-state index in [-0.39, 0.29) is 30.4 Å². The molecule has 3 rings (SSSR count). The van der Waals surface area contributed by atoms with Gasteiger partial charge in [-0.25, -0.2) is 4.68 Å². The molecule has 2 aromatic rings. The predicted octanol–water partition coefficient (Wildman–Crippen LogP) is 3.51. The minimum atomic E-state index is -0.0550. The first-order valence-electron chi connectivity index (χ1n) is 8.47. The van der Waals surface area contributed by atoms with E-state index in [4.69, 9.17) is 17.3 Å². The van der Waals surface area contributed by atoms with Gasteiger partial charge in [0.05, 0.1) is 23.1 Å². The smallest absolute Gasteiger partial charge is 0.254 e. The summed E-state index contributed by atoms with van der Waals surface area (Å²) in [6, 6.07) is 7.96. The van der Waals surface area contributed by atoms with Crippen LogP contribution in [-0.2, 0) is 6.42 Å². The van der Waals surface area contributed by atoms with Gasteiger partial charge in [-0.15, -0.1) is 12.4 Å². The second-order valence-corrected chi connectivity index (χ2v) is 6.77. The molecule has 7 heteroatoms. The van der Waals surface area contributed by atoms with Crippen LogP contribution in [0.5, 0.6) is 0 Å². The average Bonchev–Trinajstić information content (AvgIpc) is 3.01. The number of rotatable bonds is 4. The number of carbonyl (C=O) groups excluding carboxylic acids is 1. The van der Waals surface area contributed by atoms with E-state index in [1.165, 1.54) is 0 Å². The zero-order valence-electron chi connectivity index (χ0n) is 14.2. The largest absolute Gasteiger partial charge is 0.349 e. The van der Waals surface area contributed by atoms with Crippen molar-refractivity contribution < 1.29 is 4.79 Å². The molecule has 1 heterocycles. The van der Waals surface area contributed by atoms with Crippen LogP contribution >= 0.6 is 24.0 Å². The highest BCUT2D eigenvalue weighted by molar-refractivity contribution is 6.30. The summed E-state index contributed by atoms with van der Waals surface area (Å²) in [7, 11) is 0. The zero-order valence-corrected chi connectivity index (χ0v) is 15.8. The van der Waals surface area contributed by atoms with Gasteiger partial charge in [0.1, 0.15) is 0 Å². The third-order valence-corrected chi connectivity index (χ3v) is 4.84. The van der Waals surface area contributed by atoms with Gasteiger partial charge in [0.15, 0.2) is 0 Å². The van der Waals surface area contributed by atoms with Crippen molar-refractivity contribution in [2.45, 2.75) is 51.1 Å². The lowest BCUT2D eigenvalue weighted by Crippen LogP contribution is -2.40. The van der Waals surface area contributed by atoms with Crippen molar-refractivity contribution in [2.75, 3.05) is 0 Å². The SMILES string of the molecule is CCc1c(C(=O)NC2CCC(N)CC2)cnn1-c1cccc(Cl)c1.Cl. The molecule has 5 nitrogen and oxygen atoms in total. The van der Waals surface area contributed by atoms with Crippen LogP contribution in [0.3, 0.4) is 0 Å². The fraction of sp³-hybridized carbons (Fsp3) is 0.444. The highest BCUT2D eigenvalue weighted by atomic mass is 35.5. The van der Waals surface area contributed by atoms with Crippen molar-refractivity contribution in [1.82, 2.24) is 15.1 Å². The summed E-state index contributed by atoms with van der Waals surface area (Å²) in [5.41, 5.74) is 8.31. The molecule has 0 bridgehead atoms. The summed E-state index contributed by atoms with van der Waals surface area (Å²) in [6.45, 7) is 2.02. The maximum Gasteiger partial charge on any atom is 0.254 e. The number of hydrogen-bond acceptors (Lipinski definition) is 3. The molecule has 1 aliphatic rings. The fourth-order valence-electron chi connectivity index (χ4n) is 3.26. The van der Waals surface area contributed by atoms with E-state index in [1.807, 2.05) is 31.2 Å². The summed E-state index contributed by atoms with van der Waals surface area (Å²) in [5.74, 6) is -0.0550. The monoisotopic (exact) mass is 382 g/mol. The highest BCUT2D eigenvalue weighted by Gasteiger charge is 2.23. The van der Waals surface area contributed by atoms with Crippen molar-refractivity contribution in [3.8, 4) is 5.69 Å². The molecule has 0 saturated heterocycles. The molecule has 0 aliphatic heterocycles. The van der Waals surface area contributed by atoms with E-state index in [2.05, 4.69) is 10.4 Å². The summed E-state index contributed by atoms with van der Waals surface area (Å²) in [4.78, 5) is 12.7. The Morgan fingerprint density at radius 3 is 2.72 bits per heavy atom. The molecule has 3 N–H and O–H groups in total. The van der Waals surface area contributed by atoms with Gasteiger partial charge in [0, 0.05) is 17.1 Å². The molecule has 136 valence electrons. The Morgan fingerprint density at radius 1 is 1.36 bits per heavy atom. The molecule has 1 aliphatic carbocycles. The van der Waals surface area contributed by atoms with Gasteiger partial charge in [-0.1, -0.05) is 24.6 Å². The summed E-state index contributed by atoms with van der Waals surface area (Å²) in [5, 5.41) is 8.18. The Morgan fingerprint density at radius 2 is 2.08 bits per heavy atom. The Labute approximate surface area is 159 Å². The fourth-order valence-corrected chi connectivity index (χ4v) is 3.45. The maximum atomic E-state index is 12.7. The Kier molecular flexibility index (Phi) is 6.87. The molecule has 0 atom stereocenters. The Balaban J connectivity index is 0.00000225. The molecular weight excluding hydrogens is 359 g/mol. The minimum Gasteiger partial charge on any atom is -0.349 e. The van der Waals surface area contributed by atoms with Gasteiger partial charge in [-0.2, -0.15) is 5.10 Å². The second kappa shape index (κ2) is 8.70. The number of nitrogens with zero attached hydrogens (tertiary/aromatic N) is 2. The third kappa shape index (κ3) is 4.54. The van der Waals surface area contributed by atoms with Crippen molar-refractivity contribution in [3.05, 3.63) is 46.7 Å². The summed E-state index contributed by atoms with van der Waals surface area (Å²) in [6.07, 6.45) is 6.17. The van der Waals surface area contributed by atoms with E-state index in [0.717, 1.165) is 37.1 Å². The zero-order chi connectivity index (χ0) is 17.1. The lowest BCUT2D eigenvalue weighted by molar-refractivity contribution is 0.0925. The molecule has 1 fully saturated rings. The first kappa shape index (κ1) is 19.8. The van der Waals surface area contributed by atoms with Crippen molar-refractivity contribution in [1.29, 1.82) is 0 Å². The van der Waals surface area contributed by atoms with Gasteiger partial charge in [-0.05, 0) is 50.3 Å². The first-order valence-corrected chi connectivity index (χ1v) is 8.85. The summed E-state index contributed by atoms with van der Waals surface area (Å²) >= 11 is 6.07. The van der Waals surface area contributed by atoms with Crippen molar-refractivity contribution >= 4 is 29.9 Å². The average molecular weight is 383 g/mol. The molecule has 25 heavy (non-hydrogen) atoms. The Bertz CT molecular complexity index is 724. The van der Waals surface area contributed by atoms with Crippen LogP contribution in [0.15, 0.2) is 30.5 Å². The number of nitrogens with two attached hydrogens (primary N) is 1. The predicted molar refractivity (Wildman–Crippen MR) is 103 cm³/mol. The standard InChI is InChI=1S/C18H23ClN4O.ClH/c1-2-17-16(18(24)22-14-8-6-13(20)7-9-14)11-21-23(17)15-5-3-4-12(19)10-15;/h3-5,10-11,13-14H,2,6-9,20H2,1H3,(H,22,24);1H. The number of halogens is 2. The highest BCUT2D eigenvalue weighted by Crippen LogP contribution is 2.21. The molecular formula is C18H24Cl2N4O. The molecule has 1 amide bonds. The molecule has 0 unspecified atom stereocenters. The number of nitrogens with one attached hydrogen (secondary N) is 1. The van der Waals surface area contributed by atoms with Crippen LogP contribution in [0.1, 0.15) is 48.7 Å². The topological polar surface area (TPSA) is 72.9 Å². The quantitative estimate of drug-likeness (QED) is 0.849. The molecule has 1 saturated carbocycles. The normalized spacial score (nSPS) is 20.0. The van der Waals surface area contributed by atoms with Crippen LogP contribution in [-0.4, -0.2) is 27.8 Å². The molecule has 0 radical (unpaired) electrons. The van der Waals surface area contributed by atoms with Gasteiger partial charge < -0.3 is 11.1 Å². The maximum absolute atomic E-state index is 12.7. The molecule has 1 aromatic carbocycles. The summed E-state index contributed by atoms with van der Waals surface area (Å²) < 4.78 is 1.79. The van der Waals surface area contributed by atoms with Crippen LogP contribution < -0.4 is 11.1 Å². The Hall–Kier alpha value is -1.56. The van der Waals surface area contributed by atoms with Gasteiger partial charge in [0.25, 0.3) is 5.91 Å². The van der Waals surface area contributed by atoms with Gasteiger partial charge >= 0.3 is 0 Å². The van der Waals surface area contributed by atoms with Gasteiger partial charge in [-0.3, -0.25) is 4.79 Å². The van der Waals surface area contributed by atoms with Crippen LogP contribution in [0.2, 0.25) is 5.02 Å². The van der Waals surface area contributed by atoms with E-state index in [1.54, 1.807) is 10.9 Å². The van der Waals surface area contributed by atoms with Crippen LogP contribution in [0.25, 0.3) is 5.69 Å². The van der Waals surface area contributed by atoms with E-state index in [0.29, 0.717) is 17.0 Å². The third-order valence-electron chi connectivity index (χ3n) is 4.61. The number of benzene rings is 1. The first-order chi connectivity index (χ1) is 11.6.